The van der Waals surface area contributed by atoms with Gasteiger partial charge >= 0.3 is 0 Å². The van der Waals surface area contributed by atoms with Crippen molar-refractivity contribution in [3.63, 3.8) is 0 Å². The molecule has 7 heteroatoms. The SMILES string of the molecule is CC(C)CNC(=O)c1cccc(C(=O)N2CCN(c3ccc(F)cc3)CC2)n1. The molecule has 0 spiro atoms. The van der Waals surface area contributed by atoms with Gasteiger partial charge < -0.3 is 15.1 Å². The van der Waals surface area contributed by atoms with Crippen LogP contribution >= 0.6 is 0 Å². The minimum atomic E-state index is -0.274. The highest BCUT2D eigenvalue weighted by Crippen LogP contribution is 2.17. The van der Waals surface area contributed by atoms with E-state index in [-0.39, 0.29) is 29.0 Å². The van der Waals surface area contributed by atoms with E-state index in [1.165, 1.54) is 12.1 Å². The molecular formula is C21H25FN4O2. The van der Waals surface area contributed by atoms with Crippen LogP contribution in [0.25, 0.3) is 0 Å². The molecule has 0 radical (unpaired) electrons. The lowest BCUT2D eigenvalue weighted by atomic mass is 10.2. The molecule has 0 bridgehead atoms. The highest BCUT2D eigenvalue weighted by atomic mass is 19.1. The molecule has 2 heterocycles. The maximum absolute atomic E-state index is 13.1. The Balaban J connectivity index is 1.61. The zero-order valence-corrected chi connectivity index (χ0v) is 16.2. The molecular weight excluding hydrogens is 359 g/mol. The molecule has 0 saturated carbocycles. The number of carbonyl (C=O) groups is 2. The van der Waals surface area contributed by atoms with Gasteiger partial charge in [0.05, 0.1) is 0 Å². The molecule has 6 nitrogen and oxygen atoms in total. The van der Waals surface area contributed by atoms with E-state index in [2.05, 4.69) is 15.2 Å². The second-order valence-corrected chi connectivity index (χ2v) is 7.27. The summed E-state index contributed by atoms with van der Waals surface area (Å²) in [4.78, 5) is 33.1. The highest BCUT2D eigenvalue weighted by Gasteiger charge is 2.24. The lowest BCUT2D eigenvalue weighted by Gasteiger charge is -2.36. The van der Waals surface area contributed by atoms with Crippen LogP contribution in [0.15, 0.2) is 42.5 Å². The van der Waals surface area contributed by atoms with Gasteiger partial charge in [0.25, 0.3) is 11.8 Å². The molecule has 2 aromatic rings. The number of nitrogens with one attached hydrogen (secondary N) is 1. The number of nitrogens with zero attached hydrogens (tertiary/aromatic N) is 3. The maximum Gasteiger partial charge on any atom is 0.272 e. The summed E-state index contributed by atoms with van der Waals surface area (Å²) < 4.78 is 13.1. The van der Waals surface area contributed by atoms with Gasteiger partial charge in [0, 0.05) is 38.4 Å². The molecule has 1 aromatic heterocycles. The number of anilines is 1. The van der Waals surface area contributed by atoms with E-state index in [0.29, 0.717) is 38.6 Å². The van der Waals surface area contributed by atoms with Crippen molar-refractivity contribution in [2.75, 3.05) is 37.6 Å². The van der Waals surface area contributed by atoms with Crippen LogP contribution in [0.1, 0.15) is 34.8 Å². The molecule has 1 N–H and O–H groups in total. The fraction of sp³-hybridized carbons (Fsp3) is 0.381. The van der Waals surface area contributed by atoms with Crippen molar-refractivity contribution in [2.24, 2.45) is 5.92 Å². The van der Waals surface area contributed by atoms with Gasteiger partial charge in [-0.25, -0.2) is 9.37 Å². The van der Waals surface area contributed by atoms with E-state index in [1.54, 1.807) is 35.2 Å². The zero-order valence-electron chi connectivity index (χ0n) is 16.2. The van der Waals surface area contributed by atoms with Gasteiger partial charge in [0.2, 0.25) is 0 Å². The summed E-state index contributed by atoms with van der Waals surface area (Å²) in [6.45, 7) is 6.99. The highest BCUT2D eigenvalue weighted by molar-refractivity contribution is 5.96. The topological polar surface area (TPSA) is 65.5 Å². The van der Waals surface area contributed by atoms with Gasteiger partial charge in [0.15, 0.2) is 0 Å². The number of carbonyl (C=O) groups excluding carboxylic acids is 2. The number of hydrogen-bond acceptors (Lipinski definition) is 4. The summed E-state index contributed by atoms with van der Waals surface area (Å²) in [7, 11) is 0. The standard InChI is InChI=1S/C21H25FN4O2/c1-15(2)14-23-20(27)18-4-3-5-19(24-18)21(28)26-12-10-25(11-13-26)17-8-6-16(22)7-9-17/h3-9,15H,10-14H2,1-2H3,(H,23,27). The average Bonchev–Trinajstić information content (AvgIpc) is 2.72. The Bertz CT molecular complexity index is 831. The largest absolute Gasteiger partial charge is 0.368 e. The van der Waals surface area contributed by atoms with Crippen molar-refractivity contribution in [3.8, 4) is 0 Å². The minimum absolute atomic E-state index is 0.183. The van der Waals surface area contributed by atoms with E-state index in [1.807, 2.05) is 13.8 Å². The predicted molar refractivity (Wildman–Crippen MR) is 106 cm³/mol. The summed E-state index contributed by atoms with van der Waals surface area (Å²) in [6, 6.07) is 11.3. The van der Waals surface area contributed by atoms with Gasteiger partial charge in [-0.05, 0) is 42.3 Å². The summed E-state index contributed by atoms with van der Waals surface area (Å²) in [5, 5.41) is 2.81. The van der Waals surface area contributed by atoms with Gasteiger partial charge in [-0.15, -0.1) is 0 Å². The first-order chi connectivity index (χ1) is 13.4. The third kappa shape index (κ3) is 4.85. The monoisotopic (exact) mass is 384 g/mol. The molecule has 1 saturated heterocycles. The average molecular weight is 384 g/mol. The van der Waals surface area contributed by atoms with E-state index in [9.17, 15) is 14.0 Å². The Kier molecular flexibility index (Phi) is 6.23. The Morgan fingerprint density at radius 1 is 1.04 bits per heavy atom. The molecule has 0 unspecified atom stereocenters. The first-order valence-corrected chi connectivity index (χ1v) is 9.49. The third-order valence-corrected chi connectivity index (χ3v) is 4.63. The summed E-state index contributed by atoms with van der Waals surface area (Å²) in [6.07, 6.45) is 0. The first kappa shape index (κ1) is 19.8. The maximum atomic E-state index is 13.1. The van der Waals surface area contributed by atoms with Crippen LogP contribution < -0.4 is 10.2 Å². The van der Waals surface area contributed by atoms with E-state index in [4.69, 9.17) is 0 Å². The van der Waals surface area contributed by atoms with E-state index in [0.717, 1.165) is 5.69 Å². The number of hydrogen-bond donors (Lipinski definition) is 1. The van der Waals surface area contributed by atoms with Crippen LogP contribution in [0.4, 0.5) is 10.1 Å². The molecule has 3 rings (SSSR count). The number of amides is 2. The van der Waals surface area contributed by atoms with Crippen molar-refractivity contribution in [3.05, 3.63) is 59.7 Å². The van der Waals surface area contributed by atoms with E-state index < -0.39 is 0 Å². The Morgan fingerprint density at radius 3 is 2.32 bits per heavy atom. The van der Waals surface area contributed by atoms with Crippen LogP contribution in [0, 0.1) is 11.7 Å². The normalized spacial score (nSPS) is 14.3. The number of piperazine rings is 1. The van der Waals surface area contributed by atoms with Gasteiger partial charge in [-0.3, -0.25) is 9.59 Å². The van der Waals surface area contributed by atoms with Crippen molar-refractivity contribution < 1.29 is 14.0 Å². The van der Waals surface area contributed by atoms with Crippen LogP contribution in [0.2, 0.25) is 0 Å². The molecule has 0 aliphatic carbocycles. The van der Waals surface area contributed by atoms with Gasteiger partial charge in [0.1, 0.15) is 17.2 Å². The second-order valence-electron chi connectivity index (χ2n) is 7.27. The van der Waals surface area contributed by atoms with Gasteiger partial charge in [-0.2, -0.15) is 0 Å². The van der Waals surface area contributed by atoms with Crippen LogP contribution in [-0.4, -0.2) is 54.4 Å². The molecule has 1 aliphatic rings. The Hall–Kier alpha value is -2.96. The number of rotatable bonds is 5. The number of benzene rings is 1. The first-order valence-electron chi connectivity index (χ1n) is 9.49. The zero-order chi connectivity index (χ0) is 20.1. The summed E-state index contributed by atoms with van der Waals surface area (Å²) >= 11 is 0. The van der Waals surface area contributed by atoms with Crippen molar-refractivity contribution in [2.45, 2.75) is 13.8 Å². The lowest BCUT2D eigenvalue weighted by molar-refractivity contribution is 0.0740. The number of pyridine rings is 1. The molecule has 2 amide bonds. The third-order valence-electron chi connectivity index (χ3n) is 4.63. The molecule has 1 aromatic carbocycles. The number of aromatic nitrogens is 1. The van der Waals surface area contributed by atoms with Crippen molar-refractivity contribution in [1.82, 2.24) is 15.2 Å². The molecule has 148 valence electrons. The summed E-state index contributed by atoms with van der Waals surface area (Å²) in [5.74, 6) is -0.381. The fourth-order valence-corrected chi connectivity index (χ4v) is 3.05. The smallest absolute Gasteiger partial charge is 0.272 e. The Morgan fingerprint density at radius 2 is 1.68 bits per heavy atom. The number of halogens is 1. The van der Waals surface area contributed by atoms with Gasteiger partial charge in [-0.1, -0.05) is 19.9 Å². The van der Waals surface area contributed by atoms with Crippen molar-refractivity contribution in [1.29, 1.82) is 0 Å². The molecule has 0 atom stereocenters. The lowest BCUT2D eigenvalue weighted by Crippen LogP contribution is -2.49. The predicted octanol–water partition coefficient (Wildman–Crippen LogP) is 2.57. The second kappa shape index (κ2) is 8.82. The van der Waals surface area contributed by atoms with Crippen LogP contribution in [-0.2, 0) is 0 Å². The van der Waals surface area contributed by atoms with Crippen LogP contribution in [0.3, 0.4) is 0 Å². The summed E-state index contributed by atoms with van der Waals surface area (Å²) in [5.41, 5.74) is 1.46. The molecule has 1 aliphatic heterocycles. The quantitative estimate of drug-likeness (QED) is 0.861. The van der Waals surface area contributed by atoms with E-state index >= 15 is 0 Å². The van der Waals surface area contributed by atoms with Crippen molar-refractivity contribution >= 4 is 17.5 Å². The van der Waals surface area contributed by atoms with Crippen LogP contribution in [0.5, 0.6) is 0 Å². The molecule has 28 heavy (non-hydrogen) atoms. The fourth-order valence-electron chi connectivity index (χ4n) is 3.05. The molecule has 1 fully saturated rings. The Labute approximate surface area is 164 Å². The minimum Gasteiger partial charge on any atom is -0.368 e.